The summed E-state index contributed by atoms with van der Waals surface area (Å²) in [5, 5.41) is 7.85. The molecule has 18 heavy (non-hydrogen) atoms. The standard InChI is InChI=1S/C11H16N6O/c1-7(2)17-6-9(10(12)13-11(17)18)5-16-4-8(3)14-15-16/h4,6-7H,5H2,1-3H3,(H2,12,13,18). The molecule has 0 fully saturated rings. The van der Waals surface area contributed by atoms with Gasteiger partial charge < -0.3 is 5.73 Å². The zero-order valence-electron chi connectivity index (χ0n) is 10.7. The molecule has 0 saturated carbocycles. The Morgan fingerprint density at radius 3 is 2.67 bits per heavy atom. The van der Waals surface area contributed by atoms with Crippen LogP contribution in [0.15, 0.2) is 17.2 Å². The molecule has 0 aliphatic rings. The van der Waals surface area contributed by atoms with E-state index < -0.39 is 0 Å². The molecule has 2 aromatic heterocycles. The van der Waals surface area contributed by atoms with Crippen molar-refractivity contribution in [1.82, 2.24) is 24.5 Å². The second-order valence-corrected chi connectivity index (χ2v) is 4.49. The van der Waals surface area contributed by atoms with E-state index in [-0.39, 0.29) is 17.5 Å². The van der Waals surface area contributed by atoms with Gasteiger partial charge in [-0.1, -0.05) is 5.21 Å². The third kappa shape index (κ3) is 2.39. The van der Waals surface area contributed by atoms with Gasteiger partial charge >= 0.3 is 5.69 Å². The third-order valence-corrected chi connectivity index (χ3v) is 2.60. The molecular formula is C11H16N6O. The Morgan fingerprint density at radius 1 is 1.39 bits per heavy atom. The van der Waals surface area contributed by atoms with Gasteiger partial charge in [-0.2, -0.15) is 4.98 Å². The van der Waals surface area contributed by atoms with Crippen LogP contribution in [0, 0.1) is 6.92 Å². The normalized spacial score (nSPS) is 11.1. The number of aromatic nitrogens is 5. The van der Waals surface area contributed by atoms with Crippen LogP contribution in [0.4, 0.5) is 5.82 Å². The van der Waals surface area contributed by atoms with Crippen molar-refractivity contribution in [2.24, 2.45) is 0 Å². The fourth-order valence-corrected chi connectivity index (χ4v) is 1.66. The van der Waals surface area contributed by atoms with E-state index in [2.05, 4.69) is 15.3 Å². The molecule has 0 amide bonds. The summed E-state index contributed by atoms with van der Waals surface area (Å²) in [5.41, 5.74) is 7.02. The molecule has 0 atom stereocenters. The molecule has 7 nitrogen and oxygen atoms in total. The molecule has 2 heterocycles. The predicted molar refractivity (Wildman–Crippen MR) is 67.2 cm³/mol. The van der Waals surface area contributed by atoms with Gasteiger partial charge in [0.25, 0.3) is 0 Å². The van der Waals surface area contributed by atoms with E-state index in [4.69, 9.17) is 5.73 Å². The Balaban J connectivity index is 2.38. The lowest BCUT2D eigenvalue weighted by Crippen LogP contribution is -2.26. The lowest BCUT2D eigenvalue weighted by Gasteiger charge is -2.12. The average molecular weight is 248 g/mol. The number of aryl methyl sites for hydroxylation is 1. The van der Waals surface area contributed by atoms with Crippen LogP contribution in [0.2, 0.25) is 0 Å². The van der Waals surface area contributed by atoms with Gasteiger partial charge in [-0.25, -0.2) is 9.48 Å². The Labute approximate surface area is 104 Å². The number of nitrogens with two attached hydrogens (primary N) is 1. The topological polar surface area (TPSA) is 91.6 Å². The molecule has 2 N–H and O–H groups in total. The fourth-order valence-electron chi connectivity index (χ4n) is 1.66. The minimum Gasteiger partial charge on any atom is -0.383 e. The number of nitrogens with zero attached hydrogens (tertiary/aromatic N) is 5. The molecule has 0 bridgehead atoms. The highest BCUT2D eigenvalue weighted by Gasteiger charge is 2.09. The van der Waals surface area contributed by atoms with Gasteiger partial charge in [0.05, 0.1) is 12.2 Å². The Hall–Kier alpha value is -2.18. The summed E-state index contributed by atoms with van der Waals surface area (Å²) < 4.78 is 3.22. The van der Waals surface area contributed by atoms with Crippen molar-refractivity contribution in [3.8, 4) is 0 Å². The highest BCUT2D eigenvalue weighted by Crippen LogP contribution is 2.10. The van der Waals surface area contributed by atoms with Gasteiger partial charge in [0, 0.05) is 24.0 Å². The third-order valence-electron chi connectivity index (χ3n) is 2.60. The summed E-state index contributed by atoms with van der Waals surface area (Å²) >= 11 is 0. The van der Waals surface area contributed by atoms with E-state index in [1.54, 1.807) is 15.4 Å². The lowest BCUT2D eigenvalue weighted by molar-refractivity contribution is 0.553. The van der Waals surface area contributed by atoms with E-state index in [0.717, 1.165) is 11.3 Å². The van der Waals surface area contributed by atoms with Crippen LogP contribution in [-0.4, -0.2) is 24.5 Å². The molecule has 0 aliphatic heterocycles. The van der Waals surface area contributed by atoms with E-state index >= 15 is 0 Å². The first-order valence-corrected chi connectivity index (χ1v) is 5.71. The van der Waals surface area contributed by atoms with Crippen LogP contribution in [0.25, 0.3) is 0 Å². The largest absolute Gasteiger partial charge is 0.383 e. The maximum Gasteiger partial charge on any atom is 0.349 e. The van der Waals surface area contributed by atoms with Crippen LogP contribution in [-0.2, 0) is 6.54 Å². The quantitative estimate of drug-likeness (QED) is 0.846. The van der Waals surface area contributed by atoms with Gasteiger partial charge in [0.2, 0.25) is 0 Å². The number of rotatable bonds is 3. The summed E-state index contributed by atoms with van der Waals surface area (Å²) in [7, 11) is 0. The summed E-state index contributed by atoms with van der Waals surface area (Å²) in [6.45, 7) is 6.15. The van der Waals surface area contributed by atoms with Crippen molar-refractivity contribution in [3.05, 3.63) is 34.1 Å². The molecule has 0 saturated heterocycles. The summed E-state index contributed by atoms with van der Waals surface area (Å²) in [4.78, 5) is 15.4. The molecule has 0 radical (unpaired) electrons. The minimum absolute atomic E-state index is 0.0434. The van der Waals surface area contributed by atoms with Crippen LogP contribution in [0.3, 0.4) is 0 Å². The number of nitrogen functional groups attached to an aromatic ring is 1. The van der Waals surface area contributed by atoms with Gasteiger partial charge in [-0.05, 0) is 20.8 Å². The van der Waals surface area contributed by atoms with Gasteiger partial charge in [0.1, 0.15) is 5.82 Å². The number of anilines is 1. The van der Waals surface area contributed by atoms with Crippen molar-refractivity contribution >= 4 is 5.82 Å². The molecule has 0 aliphatic carbocycles. The van der Waals surface area contributed by atoms with Crippen LogP contribution in [0.5, 0.6) is 0 Å². The van der Waals surface area contributed by atoms with Crippen LogP contribution < -0.4 is 11.4 Å². The Kier molecular flexibility index (Phi) is 3.14. The van der Waals surface area contributed by atoms with E-state index in [1.807, 2.05) is 27.0 Å². The first-order valence-electron chi connectivity index (χ1n) is 5.71. The average Bonchev–Trinajstić information content (AvgIpc) is 2.67. The lowest BCUT2D eigenvalue weighted by atomic mass is 10.3. The minimum atomic E-state index is -0.332. The highest BCUT2D eigenvalue weighted by molar-refractivity contribution is 5.36. The van der Waals surface area contributed by atoms with Crippen LogP contribution in [0.1, 0.15) is 31.1 Å². The molecule has 0 aromatic carbocycles. The van der Waals surface area contributed by atoms with Crippen molar-refractivity contribution < 1.29 is 0 Å². The number of hydrogen-bond acceptors (Lipinski definition) is 5. The van der Waals surface area contributed by atoms with Gasteiger partial charge in [-0.15, -0.1) is 5.10 Å². The summed E-state index contributed by atoms with van der Waals surface area (Å²) in [6.07, 6.45) is 3.54. The summed E-state index contributed by atoms with van der Waals surface area (Å²) in [6, 6.07) is 0.0434. The molecule has 0 spiro atoms. The zero-order valence-corrected chi connectivity index (χ0v) is 10.7. The van der Waals surface area contributed by atoms with Gasteiger partial charge in [0.15, 0.2) is 0 Å². The van der Waals surface area contributed by atoms with E-state index in [1.165, 1.54) is 0 Å². The van der Waals surface area contributed by atoms with Crippen molar-refractivity contribution in [2.75, 3.05) is 5.73 Å². The highest BCUT2D eigenvalue weighted by atomic mass is 16.1. The Morgan fingerprint density at radius 2 is 2.11 bits per heavy atom. The van der Waals surface area contributed by atoms with Crippen LogP contribution >= 0.6 is 0 Å². The Bertz CT molecular complexity index is 612. The van der Waals surface area contributed by atoms with Crippen molar-refractivity contribution in [1.29, 1.82) is 0 Å². The van der Waals surface area contributed by atoms with Crippen molar-refractivity contribution in [3.63, 3.8) is 0 Å². The molecular weight excluding hydrogens is 232 g/mol. The first-order chi connectivity index (χ1) is 8.47. The van der Waals surface area contributed by atoms with E-state index in [9.17, 15) is 4.79 Å². The molecule has 96 valence electrons. The number of hydrogen-bond donors (Lipinski definition) is 1. The maximum atomic E-state index is 11.6. The van der Waals surface area contributed by atoms with Gasteiger partial charge in [-0.3, -0.25) is 4.57 Å². The fraction of sp³-hybridized carbons (Fsp3) is 0.455. The second kappa shape index (κ2) is 4.59. The van der Waals surface area contributed by atoms with E-state index in [0.29, 0.717) is 6.54 Å². The monoisotopic (exact) mass is 248 g/mol. The maximum absolute atomic E-state index is 11.6. The molecule has 0 unspecified atom stereocenters. The molecule has 7 heteroatoms. The first kappa shape index (κ1) is 12.3. The molecule has 2 aromatic rings. The predicted octanol–water partition coefficient (Wildman–Crippen LogP) is 0.355. The van der Waals surface area contributed by atoms with Crippen molar-refractivity contribution in [2.45, 2.75) is 33.4 Å². The summed E-state index contributed by atoms with van der Waals surface area (Å²) in [5.74, 6) is 0.241. The smallest absolute Gasteiger partial charge is 0.349 e. The molecule has 2 rings (SSSR count). The second-order valence-electron chi connectivity index (χ2n) is 4.49. The SMILES string of the molecule is Cc1cn(Cc2cn(C(C)C)c(=O)nc2N)nn1. The zero-order chi connectivity index (χ0) is 13.3.